The average Bonchev–Trinajstić information content (AvgIpc) is 2.37. The fraction of sp³-hybridized carbons (Fsp3) is 0.533. The van der Waals surface area contributed by atoms with Crippen LogP contribution in [0.1, 0.15) is 43.0 Å². The Morgan fingerprint density at radius 3 is 2.74 bits per heavy atom. The quantitative estimate of drug-likeness (QED) is 0.846. The van der Waals surface area contributed by atoms with E-state index in [9.17, 15) is 4.79 Å². The Kier molecular flexibility index (Phi) is 5.67. The van der Waals surface area contributed by atoms with Crippen molar-refractivity contribution in [1.29, 1.82) is 0 Å². The number of hydrogen-bond acceptors (Lipinski definition) is 2. The first kappa shape index (κ1) is 15.8. The summed E-state index contributed by atoms with van der Waals surface area (Å²) in [7, 11) is 1.91. The molecule has 3 nitrogen and oxygen atoms in total. The van der Waals surface area contributed by atoms with E-state index in [1.807, 2.05) is 24.1 Å². The Morgan fingerprint density at radius 1 is 1.37 bits per heavy atom. The summed E-state index contributed by atoms with van der Waals surface area (Å²) in [6, 6.07) is 7.61. The topological polar surface area (TPSA) is 46.3 Å². The van der Waals surface area contributed by atoms with Gasteiger partial charge in [-0.25, -0.2) is 0 Å². The number of rotatable bonds is 2. The molecule has 1 aromatic carbocycles. The molecule has 19 heavy (non-hydrogen) atoms. The zero-order valence-corrected chi connectivity index (χ0v) is 12.5. The molecule has 1 aliphatic rings. The fourth-order valence-electron chi connectivity index (χ4n) is 2.80. The Morgan fingerprint density at radius 2 is 2.11 bits per heavy atom. The predicted molar refractivity (Wildman–Crippen MR) is 81.6 cm³/mol. The van der Waals surface area contributed by atoms with Gasteiger partial charge in [-0.05, 0) is 37.0 Å². The third kappa shape index (κ3) is 3.87. The van der Waals surface area contributed by atoms with Crippen molar-refractivity contribution in [3.05, 3.63) is 29.8 Å². The van der Waals surface area contributed by atoms with Gasteiger partial charge in [0.2, 0.25) is 0 Å². The normalized spacial score (nSPS) is 22.4. The summed E-state index contributed by atoms with van der Waals surface area (Å²) in [6.07, 6.45) is 4.75. The van der Waals surface area contributed by atoms with Crippen LogP contribution in [0.3, 0.4) is 0 Å². The maximum Gasteiger partial charge on any atom is 0.253 e. The van der Waals surface area contributed by atoms with E-state index < -0.39 is 0 Å². The average molecular weight is 283 g/mol. The Hall–Kier alpha value is -1.22. The SMILES string of the molecule is CC1CCCC(N(C)C(=O)c2cccc(N)c2)C1.Cl. The molecule has 0 radical (unpaired) electrons. The van der Waals surface area contributed by atoms with Crippen molar-refractivity contribution in [2.24, 2.45) is 5.92 Å². The van der Waals surface area contributed by atoms with Gasteiger partial charge in [0, 0.05) is 24.3 Å². The molecule has 2 rings (SSSR count). The van der Waals surface area contributed by atoms with Gasteiger partial charge in [-0.2, -0.15) is 0 Å². The molecule has 1 fully saturated rings. The second kappa shape index (κ2) is 6.80. The molecule has 1 aromatic rings. The minimum Gasteiger partial charge on any atom is -0.399 e. The van der Waals surface area contributed by atoms with Crippen LogP contribution in [0.5, 0.6) is 0 Å². The van der Waals surface area contributed by atoms with E-state index >= 15 is 0 Å². The first-order chi connectivity index (χ1) is 8.58. The van der Waals surface area contributed by atoms with E-state index in [4.69, 9.17) is 5.73 Å². The summed E-state index contributed by atoms with van der Waals surface area (Å²) < 4.78 is 0. The van der Waals surface area contributed by atoms with Crippen LogP contribution in [-0.4, -0.2) is 23.9 Å². The molecule has 0 aliphatic heterocycles. The number of amides is 1. The van der Waals surface area contributed by atoms with Crippen molar-refractivity contribution in [1.82, 2.24) is 4.90 Å². The van der Waals surface area contributed by atoms with Crippen LogP contribution >= 0.6 is 12.4 Å². The second-order valence-electron chi connectivity index (χ2n) is 5.47. The third-order valence-corrected chi connectivity index (χ3v) is 3.91. The molecule has 1 amide bonds. The first-order valence-corrected chi connectivity index (χ1v) is 6.70. The summed E-state index contributed by atoms with van der Waals surface area (Å²) in [5.74, 6) is 0.807. The summed E-state index contributed by atoms with van der Waals surface area (Å²) in [5.41, 5.74) is 7.06. The molecule has 1 saturated carbocycles. The van der Waals surface area contributed by atoms with Crippen LogP contribution in [0.15, 0.2) is 24.3 Å². The number of halogens is 1. The maximum atomic E-state index is 12.4. The highest BCUT2D eigenvalue weighted by Gasteiger charge is 2.25. The fourth-order valence-corrected chi connectivity index (χ4v) is 2.80. The molecule has 4 heteroatoms. The van der Waals surface area contributed by atoms with Crippen molar-refractivity contribution < 1.29 is 4.79 Å². The lowest BCUT2D eigenvalue weighted by Gasteiger charge is -2.34. The zero-order valence-electron chi connectivity index (χ0n) is 11.6. The largest absolute Gasteiger partial charge is 0.399 e. The van der Waals surface area contributed by atoms with E-state index in [-0.39, 0.29) is 18.3 Å². The Balaban J connectivity index is 0.00000180. The van der Waals surface area contributed by atoms with Crippen LogP contribution in [0.4, 0.5) is 5.69 Å². The van der Waals surface area contributed by atoms with E-state index in [0.717, 1.165) is 18.8 Å². The number of carbonyl (C=O) groups excluding carboxylic acids is 1. The van der Waals surface area contributed by atoms with Gasteiger partial charge < -0.3 is 10.6 Å². The van der Waals surface area contributed by atoms with Gasteiger partial charge in [-0.1, -0.05) is 25.8 Å². The van der Waals surface area contributed by atoms with Crippen LogP contribution in [-0.2, 0) is 0 Å². The van der Waals surface area contributed by atoms with Gasteiger partial charge in [0.1, 0.15) is 0 Å². The van der Waals surface area contributed by atoms with Gasteiger partial charge in [0.05, 0.1) is 0 Å². The second-order valence-corrected chi connectivity index (χ2v) is 5.47. The molecule has 2 N–H and O–H groups in total. The van der Waals surface area contributed by atoms with Gasteiger partial charge >= 0.3 is 0 Å². The first-order valence-electron chi connectivity index (χ1n) is 6.70. The highest BCUT2D eigenvalue weighted by Crippen LogP contribution is 2.27. The van der Waals surface area contributed by atoms with Crippen LogP contribution in [0, 0.1) is 5.92 Å². The molecule has 0 saturated heterocycles. The van der Waals surface area contributed by atoms with E-state index in [0.29, 0.717) is 17.3 Å². The number of nitrogen functional groups attached to an aromatic ring is 1. The number of hydrogen-bond donors (Lipinski definition) is 1. The third-order valence-electron chi connectivity index (χ3n) is 3.91. The lowest BCUT2D eigenvalue weighted by molar-refractivity contribution is 0.0672. The van der Waals surface area contributed by atoms with Crippen molar-refractivity contribution in [3.63, 3.8) is 0 Å². The highest BCUT2D eigenvalue weighted by molar-refractivity contribution is 5.95. The Labute approximate surface area is 121 Å². The minimum absolute atomic E-state index is 0. The standard InChI is InChI=1S/C15H22N2O.ClH/c1-11-5-3-8-14(9-11)17(2)15(18)12-6-4-7-13(16)10-12;/h4,6-7,10-11,14H,3,5,8-9,16H2,1-2H3;1H. The van der Waals surface area contributed by atoms with Gasteiger partial charge in [0.15, 0.2) is 0 Å². The molecule has 0 bridgehead atoms. The van der Waals surface area contributed by atoms with Crippen molar-refractivity contribution in [2.45, 2.75) is 38.6 Å². The zero-order chi connectivity index (χ0) is 13.1. The number of carbonyl (C=O) groups is 1. The molecule has 2 atom stereocenters. The van der Waals surface area contributed by atoms with Gasteiger partial charge in [-0.3, -0.25) is 4.79 Å². The molecule has 106 valence electrons. The van der Waals surface area contributed by atoms with Crippen LogP contribution in [0.2, 0.25) is 0 Å². The molecular formula is C15H23ClN2O. The van der Waals surface area contributed by atoms with Gasteiger partial charge in [-0.15, -0.1) is 12.4 Å². The van der Waals surface area contributed by atoms with Crippen LogP contribution in [0.25, 0.3) is 0 Å². The molecule has 0 heterocycles. The van der Waals surface area contributed by atoms with E-state index in [1.165, 1.54) is 12.8 Å². The van der Waals surface area contributed by atoms with E-state index in [1.54, 1.807) is 12.1 Å². The highest BCUT2D eigenvalue weighted by atomic mass is 35.5. The summed E-state index contributed by atoms with van der Waals surface area (Å²) in [6.45, 7) is 2.27. The predicted octanol–water partition coefficient (Wildman–Crippen LogP) is 3.34. The summed E-state index contributed by atoms with van der Waals surface area (Å²) in [5, 5.41) is 0. The molecular weight excluding hydrogens is 260 g/mol. The monoisotopic (exact) mass is 282 g/mol. The van der Waals surface area contributed by atoms with Crippen molar-refractivity contribution in [3.8, 4) is 0 Å². The summed E-state index contributed by atoms with van der Waals surface area (Å²) in [4.78, 5) is 14.3. The lowest BCUT2D eigenvalue weighted by atomic mass is 9.86. The number of nitrogens with two attached hydrogens (primary N) is 1. The van der Waals surface area contributed by atoms with E-state index in [2.05, 4.69) is 6.92 Å². The van der Waals surface area contributed by atoms with Crippen molar-refractivity contribution in [2.75, 3.05) is 12.8 Å². The number of nitrogens with zero attached hydrogens (tertiary/aromatic N) is 1. The maximum absolute atomic E-state index is 12.4. The molecule has 0 spiro atoms. The molecule has 1 aliphatic carbocycles. The molecule has 2 unspecified atom stereocenters. The lowest BCUT2D eigenvalue weighted by Crippen LogP contribution is -2.39. The number of anilines is 1. The van der Waals surface area contributed by atoms with Crippen LogP contribution < -0.4 is 5.73 Å². The van der Waals surface area contributed by atoms with Gasteiger partial charge in [0.25, 0.3) is 5.91 Å². The molecule has 0 aromatic heterocycles. The Bertz CT molecular complexity index is 436. The smallest absolute Gasteiger partial charge is 0.253 e. The van der Waals surface area contributed by atoms with Crippen molar-refractivity contribution >= 4 is 24.0 Å². The number of benzene rings is 1. The minimum atomic E-state index is 0. The summed E-state index contributed by atoms with van der Waals surface area (Å²) >= 11 is 0.